The zero-order valence-corrected chi connectivity index (χ0v) is 9.45. The van der Waals surface area contributed by atoms with Gasteiger partial charge in [-0.05, 0) is 25.5 Å². The maximum atomic E-state index is 5.45. The van der Waals surface area contributed by atoms with Gasteiger partial charge in [0.15, 0.2) is 0 Å². The number of hydrogen-bond acceptors (Lipinski definition) is 2. The third kappa shape index (κ3) is 6.99. The smallest absolute Gasteiger partial charge is 0.0476 e. The first-order chi connectivity index (χ1) is 5.85. The second kappa shape index (κ2) is 9.40. The highest BCUT2D eigenvalue weighted by Crippen LogP contribution is 2.16. The molecule has 0 aromatic rings. The van der Waals surface area contributed by atoms with Crippen LogP contribution in [0.4, 0.5) is 0 Å². The van der Waals surface area contributed by atoms with Gasteiger partial charge in [-0.2, -0.15) is 11.8 Å². The lowest BCUT2D eigenvalue weighted by Crippen LogP contribution is -2.07. The van der Waals surface area contributed by atoms with E-state index in [-0.39, 0.29) is 0 Å². The quantitative estimate of drug-likeness (QED) is 0.543. The number of ether oxygens (including phenoxy) is 1. The molecule has 0 radical (unpaired) electrons. The fourth-order valence-corrected chi connectivity index (χ4v) is 1.97. The number of rotatable bonds is 8. The van der Waals surface area contributed by atoms with Crippen LogP contribution in [-0.2, 0) is 4.74 Å². The Kier molecular flexibility index (Phi) is 9.64. The van der Waals surface area contributed by atoms with Crippen LogP contribution in [-0.4, -0.2) is 24.7 Å². The van der Waals surface area contributed by atoms with Gasteiger partial charge in [-0.3, -0.25) is 0 Å². The summed E-state index contributed by atoms with van der Waals surface area (Å²) in [6.45, 7) is 6.26. The molecule has 0 aromatic carbocycles. The van der Waals surface area contributed by atoms with Crippen LogP contribution in [0.2, 0.25) is 0 Å². The molecule has 0 fully saturated rings. The van der Waals surface area contributed by atoms with Gasteiger partial charge in [0.1, 0.15) is 0 Å². The Balaban J connectivity index is 3.19. The van der Waals surface area contributed by atoms with E-state index in [1.165, 1.54) is 19.3 Å². The molecular weight excluding hydrogens is 168 g/mol. The van der Waals surface area contributed by atoms with Gasteiger partial charge in [0, 0.05) is 18.5 Å². The van der Waals surface area contributed by atoms with Crippen molar-refractivity contribution >= 4 is 11.8 Å². The zero-order valence-electron chi connectivity index (χ0n) is 8.64. The summed E-state index contributed by atoms with van der Waals surface area (Å²) in [4.78, 5) is 0. The maximum Gasteiger partial charge on any atom is 0.0476 e. The Labute approximate surface area is 81.3 Å². The zero-order chi connectivity index (χ0) is 9.23. The van der Waals surface area contributed by atoms with Crippen molar-refractivity contribution in [2.75, 3.05) is 19.5 Å². The first kappa shape index (κ1) is 12.3. The van der Waals surface area contributed by atoms with Crippen molar-refractivity contribution in [1.82, 2.24) is 0 Å². The minimum Gasteiger partial charge on any atom is -0.381 e. The second-order valence-electron chi connectivity index (χ2n) is 3.05. The summed E-state index contributed by atoms with van der Waals surface area (Å²) in [5.74, 6) is 0. The molecule has 0 N–H and O–H groups in total. The molecule has 2 heteroatoms. The SMILES string of the molecule is CCCOCCC(CCC)SC. The highest BCUT2D eigenvalue weighted by Gasteiger charge is 2.04. The monoisotopic (exact) mass is 190 g/mol. The summed E-state index contributed by atoms with van der Waals surface area (Å²) in [7, 11) is 0. The van der Waals surface area contributed by atoms with Crippen molar-refractivity contribution < 1.29 is 4.74 Å². The molecule has 0 rings (SSSR count). The Bertz CT molecular complexity index is 85.9. The van der Waals surface area contributed by atoms with E-state index in [1.807, 2.05) is 11.8 Å². The largest absolute Gasteiger partial charge is 0.381 e. The predicted molar refractivity (Wildman–Crippen MR) is 57.9 cm³/mol. The molecule has 12 heavy (non-hydrogen) atoms. The van der Waals surface area contributed by atoms with Gasteiger partial charge < -0.3 is 4.74 Å². The Hall–Kier alpha value is 0.310. The minimum absolute atomic E-state index is 0.812. The molecule has 74 valence electrons. The number of thioether (sulfide) groups is 1. The highest BCUT2D eigenvalue weighted by atomic mass is 32.2. The van der Waals surface area contributed by atoms with Gasteiger partial charge in [-0.15, -0.1) is 0 Å². The van der Waals surface area contributed by atoms with Crippen molar-refractivity contribution in [3.05, 3.63) is 0 Å². The van der Waals surface area contributed by atoms with E-state index >= 15 is 0 Å². The molecule has 1 nitrogen and oxygen atoms in total. The van der Waals surface area contributed by atoms with Crippen LogP contribution >= 0.6 is 11.8 Å². The third-order valence-corrected chi connectivity index (χ3v) is 3.01. The predicted octanol–water partition coefficient (Wildman–Crippen LogP) is 3.33. The molecule has 0 saturated heterocycles. The van der Waals surface area contributed by atoms with E-state index < -0.39 is 0 Å². The van der Waals surface area contributed by atoms with Gasteiger partial charge in [0.2, 0.25) is 0 Å². The third-order valence-electron chi connectivity index (χ3n) is 1.88. The molecule has 0 heterocycles. The molecule has 0 aliphatic heterocycles. The van der Waals surface area contributed by atoms with Crippen molar-refractivity contribution in [3.8, 4) is 0 Å². The summed E-state index contributed by atoms with van der Waals surface area (Å²) in [6, 6.07) is 0. The molecule has 0 bridgehead atoms. The van der Waals surface area contributed by atoms with Gasteiger partial charge in [-0.1, -0.05) is 20.3 Å². The summed E-state index contributed by atoms with van der Waals surface area (Å²) in [6.07, 6.45) is 7.17. The molecule has 0 spiro atoms. The van der Waals surface area contributed by atoms with Crippen LogP contribution < -0.4 is 0 Å². The van der Waals surface area contributed by atoms with Crippen molar-refractivity contribution in [2.45, 2.75) is 44.8 Å². The molecular formula is C10H22OS. The fourth-order valence-electron chi connectivity index (χ4n) is 1.16. The summed E-state index contributed by atoms with van der Waals surface area (Å²) in [5, 5.41) is 0.812. The fraction of sp³-hybridized carbons (Fsp3) is 1.00. The van der Waals surface area contributed by atoms with Gasteiger partial charge >= 0.3 is 0 Å². The van der Waals surface area contributed by atoms with E-state index in [0.29, 0.717) is 0 Å². The molecule has 0 aromatic heterocycles. The van der Waals surface area contributed by atoms with Crippen LogP contribution in [0.25, 0.3) is 0 Å². The van der Waals surface area contributed by atoms with E-state index in [1.54, 1.807) is 0 Å². The van der Waals surface area contributed by atoms with Gasteiger partial charge in [0.25, 0.3) is 0 Å². The van der Waals surface area contributed by atoms with Crippen LogP contribution in [0, 0.1) is 0 Å². The summed E-state index contributed by atoms with van der Waals surface area (Å²) >= 11 is 1.97. The first-order valence-corrected chi connectivity index (χ1v) is 6.24. The Morgan fingerprint density at radius 2 is 1.83 bits per heavy atom. The van der Waals surface area contributed by atoms with Gasteiger partial charge in [-0.25, -0.2) is 0 Å². The lowest BCUT2D eigenvalue weighted by atomic mass is 10.2. The Morgan fingerprint density at radius 3 is 2.33 bits per heavy atom. The van der Waals surface area contributed by atoms with Crippen LogP contribution in [0.1, 0.15) is 39.5 Å². The van der Waals surface area contributed by atoms with Crippen LogP contribution in [0.15, 0.2) is 0 Å². The number of hydrogen-bond donors (Lipinski definition) is 0. The van der Waals surface area contributed by atoms with E-state index in [9.17, 15) is 0 Å². The summed E-state index contributed by atoms with van der Waals surface area (Å²) < 4.78 is 5.45. The molecule has 0 saturated carbocycles. The van der Waals surface area contributed by atoms with Crippen LogP contribution in [0.3, 0.4) is 0 Å². The van der Waals surface area contributed by atoms with E-state index in [2.05, 4.69) is 20.1 Å². The normalized spacial score (nSPS) is 13.2. The van der Waals surface area contributed by atoms with Crippen LogP contribution in [0.5, 0.6) is 0 Å². The minimum atomic E-state index is 0.812. The average Bonchev–Trinajstić information content (AvgIpc) is 2.10. The maximum absolute atomic E-state index is 5.45. The lowest BCUT2D eigenvalue weighted by molar-refractivity contribution is 0.131. The average molecular weight is 190 g/mol. The van der Waals surface area contributed by atoms with Crippen molar-refractivity contribution in [3.63, 3.8) is 0 Å². The molecule has 0 amide bonds. The van der Waals surface area contributed by atoms with Crippen molar-refractivity contribution in [1.29, 1.82) is 0 Å². The lowest BCUT2D eigenvalue weighted by Gasteiger charge is -2.12. The summed E-state index contributed by atoms with van der Waals surface area (Å²) in [5.41, 5.74) is 0. The molecule has 1 unspecified atom stereocenters. The first-order valence-electron chi connectivity index (χ1n) is 4.95. The van der Waals surface area contributed by atoms with Gasteiger partial charge in [0.05, 0.1) is 0 Å². The van der Waals surface area contributed by atoms with E-state index in [0.717, 1.165) is 24.9 Å². The molecule has 0 aliphatic rings. The topological polar surface area (TPSA) is 9.23 Å². The van der Waals surface area contributed by atoms with E-state index in [4.69, 9.17) is 4.74 Å². The van der Waals surface area contributed by atoms with Crippen molar-refractivity contribution in [2.24, 2.45) is 0 Å². The molecule has 1 atom stereocenters. The Morgan fingerprint density at radius 1 is 1.08 bits per heavy atom. The highest BCUT2D eigenvalue weighted by molar-refractivity contribution is 7.99. The standard InChI is InChI=1S/C10H22OS/c1-4-6-10(12-3)7-9-11-8-5-2/h10H,4-9H2,1-3H3. The second-order valence-corrected chi connectivity index (χ2v) is 4.19. The molecule has 0 aliphatic carbocycles.